The van der Waals surface area contributed by atoms with Crippen molar-refractivity contribution in [2.75, 3.05) is 6.79 Å². The van der Waals surface area contributed by atoms with Crippen molar-refractivity contribution < 1.29 is 27.0 Å². The van der Waals surface area contributed by atoms with Gasteiger partial charge in [0.15, 0.2) is 24.2 Å². The van der Waals surface area contributed by atoms with Crippen molar-refractivity contribution in [3.63, 3.8) is 0 Å². The van der Waals surface area contributed by atoms with Gasteiger partial charge in [-0.05, 0) is 0 Å². The van der Waals surface area contributed by atoms with Gasteiger partial charge in [-0.25, -0.2) is 13.2 Å². The first-order valence-corrected chi connectivity index (χ1v) is 3.68. The standard InChI is InChI=1S/C8H4F4O2/c9-4-3-1-13-2-14-8(3)7(12)6(11)5(4)10/h1-2H2. The zero-order valence-electron chi connectivity index (χ0n) is 6.74. The molecule has 76 valence electrons. The van der Waals surface area contributed by atoms with E-state index < -0.39 is 34.6 Å². The van der Waals surface area contributed by atoms with Gasteiger partial charge < -0.3 is 9.47 Å². The van der Waals surface area contributed by atoms with Crippen LogP contribution in [-0.2, 0) is 11.3 Å². The summed E-state index contributed by atoms with van der Waals surface area (Å²) in [7, 11) is 0. The van der Waals surface area contributed by atoms with Gasteiger partial charge in [-0.2, -0.15) is 4.39 Å². The van der Waals surface area contributed by atoms with Crippen LogP contribution in [0.5, 0.6) is 5.75 Å². The van der Waals surface area contributed by atoms with Gasteiger partial charge in [0.05, 0.1) is 12.2 Å². The molecule has 0 amide bonds. The monoisotopic (exact) mass is 208 g/mol. The van der Waals surface area contributed by atoms with E-state index in [1.165, 1.54) is 0 Å². The number of benzene rings is 1. The summed E-state index contributed by atoms with van der Waals surface area (Å²) in [6.45, 7) is -0.649. The molecule has 1 aliphatic heterocycles. The van der Waals surface area contributed by atoms with E-state index in [2.05, 4.69) is 9.47 Å². The lowest BCUT2D eigenvalue weighted by Gasteiger charge is -2.19. The second-order valence-electron chi connectivity index (χ2n) is 2.67. The Morgan fingerprint density at radius 2 is 1.50 bits per heavy atom. The molecular formula is C8H4F4O2. The van der Waals surface area contributed by atoms with Crippen molar-refractivity contribution in [2.24, 2.45) is 0 Å². The molecule has 0 radical (unpaired) electrons. The lowest BCUT2D eigenvalue weighted by molar-refractivity contribution is -0.0221. The Morgan fingerprint density at radius 3 is 2.21 bits per heavy atom. The molecule has 2 nitrogen and oxygen atoms in total. The molecule has 0 spiro atoms. The largest absolute Gasteiger partial charge is 0.464 e. The maximum atomic E-state index is 13.0. The van der Waals surface area contributed by atoms with Crippen molar-refractivity contribution in [1.82, 2.24) is 0 Å². The SMILES string of the molecule is Fc1c(F)c(F)c2c(c1F)COCO2. The minimum absolute atomic E-state index is 0.311. The Balaban J connectivity index is 2.71. The number of ether oxygens (including phenoxy) is 2. The fourth-order valence-electron chi connectivity index (χ4n) is 1.18. The van der Waals surface area contributed by atoms with Crippen LogP contribution in [0.15, 0.2) is 0 Å². The van der Waals surface area contributed by atoms with E-state index >= 15 is 0 Å². The molecule has 0 aromatic heterocycles. The van der Waals surface area contributed by atoms with Crippen LogP contribution in [0.4, 0.5) is 17.6 Å². The van der Waals surface area contributed by atoms with Gasteiger partial charge >= 0.3 is 0 Å². The average molecular weight is 208 g/mol. The molecule has 1 aromatic carbocycles. The fourth-order valence-corrected chi connectivity index (χ4v) is 1.18. The highest BCUT2D eigenvalue weighted by molar-refractivity contribution is 5.38. The molecule has 0 saturated carbocycles. The quantitative estimate of drug-likeness (QED) is 0.369. The Kier molecular flexibility index (Phi) is 2.07. The minimum Gasteiger partial charge on any atom is -0.464 e. The topological polar surface area (TPSA) is 18.5 Å². The second kappa shape index (κ2) is 3.13. The summed E-state index contributed by atoms with van der Waals surface area (Å²) >= 11 is 0. The molecule has 1 aliphatic rings. The molecule has 0 unspecified atom stereocenters. The highest BCUT2D eigenvalue weighted by Gasteiger charge is 2.28. The zero-order valence-corrected chi connectivity index (χ0v) is 6.74. The van der Waals surface area contributed by atoms with E-state index in [1.807, 2.05) is 0 Å². The molecule has 1 heterocycles. The Labute approximate surface area is 76.0 Å². The van der Waals surface area contributed by atoms with Gasteiger partial charge in [0.1, 0.15) is 0 Å². The second-order valence-corrected chi connectivity index (χ2v) is 2.67. The van der Waals surface area contributed by atoms with Crippen LogP contribution in [0.3, 0.4) is 0 Å². The first-order chi connectivity index (χ1) is 6.63. The van der Waals surface area contributed by atoms with Crippen LogP contribution < -0.4 is 4.74 Å². The summed E-state index contributed by atoms with van der Waals surface area (Å²) in [5.74, 6) is -7.34. The van der Waals surface area contributed by atoms with Crippen LogP contribution in [0.25, 0.3) is 0 Å². The van der Waals surface area contributed by atoms with Crippen LogP contribution >= 0.6 is 0 Å². The highest BCUT2D eigenvalue weighted by Crippen LogP contribution is 2.32. The van der Waals surface area contributed by atoms with Crippen LogP contribution in [0, 0.1) is 23.3 Å². The minimum atomic E-state index is -1.87. The molecule has 0 saturated heterocycles. The molecule has 14 heavy (non-hydrogen) atoms. The normalized spacial score (nSPS) is 14.9. The predicted molar refractivity (Wildman–Crippen MR) is 36.6 cm³/mol. The van der Waals surface area contributed by atoms with Crippen LogP contribution in [-0.4, -0.2) is 6.79 Å². The first-order valence-electron chi connectivity index (χ1n) is 3.68. The van der Waals surface area contributed by atoms with Crippen molar-refractivity contribution in [2.45, 2.75) is 6.61 Å². The summed E-state index contributed by atoms with van der Waals surface area (Å²) in [5, 5.41) is 0. The third-order valence-corrected chi connectivity index (χ3v) is 1.85. The average Bonchev–Trinajstić information content (AvgIpc) is 2.23. The highest BCUT2D eigenvalue weighted by atomic mass is 19.2. The van der Waals surface area contributed by atoms with E-state index in [1.54, 1.807) is 0 Å². The van der Waals surface area contributed by atoms with Crippen LogP contribution in [0.1, 0.15) is 5.56 Å². The lowest BCUT2D eigenvalue weighted by Crippen LogP contribution is -2.16. The van der Waals surface area contributed by atoms with Gasteiger partial charge in [-0.1, -0.05) is 0 Å². The van der Waals surface area contributed by atoms with E-state index in [4.69, 9.17) is 0 Å². The number of hydrogen-bond donors (Lipinski definition) is 0. The molecule has 0 bridgehead atoms. The van der Waals surface area contributed by atoms with Gasteiger partial charge in [-0.3, -0.25) is 0 Å². The molecule has 0 aliphatic carbocycles. The van der Waals surface area contributed by atoms with Crippen molar-refractivity contribution >= 4 is 0 Å². The van der Waals surface area contributed by atoms with E-state index in [-0.39, 0.29) is 13.4 Å². The van der Waals surface area contributed by atoms with Crippen molar-refractivity contribution in [3.8, 4) is 5.75 Å². The van der Waals surface area contributed by atoms with Gasteiger partial charge in [0.2, 0.25) is 11.6 Å². The first kappa shape index (κ1) is 9.26. The number of fused-ring (bicyclic) bond motifs is 1. The molecule has 1 aromatic rings. The molecule has 6 heteroatoms. The number of rotatable bonds is 0. The summed E-state index contributed by atoms with van der Waals surface area (Å²) in [5.41, 5.74) is -0.437. The Morgan fingerprint density at radius 1 is 0.857 bits per heavy atom. The lowest BCUT2D eigenvalue weighted by atomic mass is 10.1. The maximum absolute atomic E-state index is 13.0. The van der Waals surface area contributed by atoms with Crippen molar-refractivity contribution in [3.05, 3.63) is 28.8 Å². The Hall–Kier alpha value is -1.30. The molecular weight excluding hydrogens is 204 g/mol. The molecule has 2 rings (SSSR count). The number of halogens is 4. The third kappa shape index (κ3) is 1.14. The van der Waals surface area contributed by atoms with Gasteiger partial charge in [-0.15, -0.1) is 0 Å². The zero-order chi connectivity index (χ0) is 10.3. The smallest absolute Gasteiger partial charge is 0.204 e. The summed E-state index contributed by atoms with van der Waals surface area (Å²) in [6, 6.07) is 0. The summed E-state index contributed by atoms with van der Waals surface area (Å²) in [4.78, 5) is 0. The van der Waals surface area contributed by atoms with Gasteiger partial charge in [0, 0.05) is 0 Å². The number of hydrogen-bond acceptors (Lipinski definition) is 2. The van der Waals surface area contributed by atoms with Gasteiger partial charge in [0.25, 0.3) is 0 Å². The van der Waals surface area contributed by atoms with E-state index in [0.717, 1.165) is 0 Å². The summed E-state index contributed by atoms with van der Waals surface area (Å²) in [6.07, 6.45) is 0. The molecule has 0 N–H and O–H groups in total. The van der Waals surface area contributed by atoms with E-state index in [9.17, 15) is 17.6 Å². The fraction of sp³-hybridized carbons (Fsp3) is 0.250. The van der Waals surface area contributed by atoms with E-state index in [0.29, 0.717) is 0 Å². The third-order valence-electron chi connectivity index (χ3n) is 1.85. The molecule has 0 fully saturated rings. The predicted octanol–water partition coefficient (Wildman–Crippen LogP) is 2.11. The molecule has 0 atom stereocenters. The summed E-state index contributed by atoms with van der Waals surface area (Å²) < 4.78 is 60.4. The van der Waals surface area contributed by atoms with Crippen molar-refractivity contribution in [1.29, 1.82) is 0 Å². The van der Waals surface area contributed by atoms with Crippen LogP contribution in [0.2, 0.25) is 0 Å². The Bertz CT molecular complexity index is 355. The maximum Gasteiger partial charge on any atom is 0.204 e.